The summed E-state index contributed by atoms with van der Waals surface area (Å²) in [6.07, 6.45) is 7.05. The second kappa shape index (κ2) is 13.3. The van der Waals surface area contributed by atoms with Crippen molar-refractivity contribution in [2.24, 2.45) is 5.92 Å². The van der Waals surface area contributed by atoms with Gasteiger partial charge in [0.05, 0.1) is 11.0 Å². The first kappa shape index (κ1) is 31.8. The van der Waals surface area contributed by atoms with Gasteiger partial charge in [0, 0.05) is 40.3 Å². The predicted octanol–water partition coefficient (Wildman–Crippen LogP) is 2.76. The highest BCUT2D eigenvalue weighted by Crippen LogP contribution is 2.36. The minimum Gasteiger partial charge on any atom is -0.390 e. The maximum absolute atomic E-state index is 13.8. The van der Waals surface area contributed by atoms with Crippen molar-refractivity contribution in [1.29, 1.82) is 0 Å². The molecular weight excluding hydrogens is 540 g/mol. The number of unbranched alkanes of at least 4 members (excludes halogenated alkanes) is 1. The summed E-state index contributed by atoms with van der Waals surface area (Å²) in [5.74, 6) is -0.214. The van der Waals surface area contributed by atoms with Crippen LogP contribution in [0.3, 0.4) is 0 Å². The Morgan fingerprint density at radius 3 is 2.26 bits per heavy atom. The Hall–Kier alpha value is -1.72. The number of halogens is 1. The van der Waals surface area contributed by atoms with Gasteiger partial charge in [-0.25, -0.2) is 12.7 Å². The number of piperidine rings is 1. The van der Waals surface area contributed by atoms with E-state index in [0.717, 1.165) is 50.5 Å². The first-order chi connectivity index (χ1) is 18.1. The van der Waals surface area contributed by atoms with Gasteiger partial charge in [0.15, 0.2) is 0 Å². The highest BCUT2D eigenvalue weighted by atomic mass is 35.5. The van der Waals surface area contributed by atoms with Gasteiger partial charge >= 0.3 is 0 Å². The second-order valence-corrected chi connectivity index (χ2v) is 13.6. The molecule has 220 valence electrons. The molecule has 2 amide bonds. The molecule has 1 aromatic rings. The Balaban J connectivity index is 0.00000420. The van der Waals surface area contributed by atoms with Crippen molar-refractivity contribution < 1.29 is 23.1 Å². The minimum absolute atomic E-state index is 0. The van der Waals surface area contributed by atoms with Crippen LogP contribution >= 0.6 is 12.4 Å². The molecule has 2 saturated heterocycles. The molecule has 1 aromatic carbocycles. The number of hydrogen-bond donors (Lipinski definition) is 2. The summed E-state index contributed by atoms with van der Waals surface area (Å²) in [5, 5.41) is 14.1. The van der Waals surface area contributed by atoms with Gasteiger partial charge < -0.3 is 15.3 Å². The van der Waals surface area contributed by atoms with Crippen LogP contribution in [0.4, 0.5) is 0 Å². The normalized spacial score (nSPS) is 23.5. The number of hydrogen-bond acceptors (Lipinski definition) is 6. The summed E-state index contributed by atoms with van der Waals surface area (Å²) in [6, 6.07) is 6.08. The fourth-order valence-electron chi connectivity index (χ4n) is 6.27. The van der Waals surface area contributed by atoms with Gasteiger partial charge in [-0.05, 0) is 55.7 Å². The van der Waals surface area contributed by atoms with E-state index in [1.807, 2.05) is 12.1 Å². The number of rotatable bonds is 9. The Kier molecular flexibility index (Phi) is 10.8. The van der Waals surface area contributed by atoms with E-state index in [1.54, 1.807) is 17.0 Å². The van der Waals surface area contributed by atoms with Crippen LogP contribution in [0.15, 0.2) is 29.2 Å². The summed E-state index contributed by atoms with van der Waals surface area (Å²) >= 11 is 0. The average Bonchev–Trinajstić information content (AvgIpc) is 2.92. The number of aliphatic hydroxyl groups is 1. The number of amides is 2. The number of sulfonamides is 1. The Bertz CT molecular complexity index is 1080. The smallest absolute Gasteiger partial charge is 0.248 e. The molecule has 3 aliphatic rings. The van der Waals surface area contributed by atoms with Gasteiger partial charge in [-0.2, -0.15) is 0 Å². The number of carbonyl (C=O) groups is 2. The second-order valence-electron chi connectivity index (χ2n) is 11.4. The predicted molar refractivity (Wildman–Crippen MR) is 153 cm³/mol. The number of nitrogens with one attached hydrogen (secondary N) is 1. The van der Waals surface area contributed by atoms with Crippen LogP contribution in [0, 0.1) is 5.92 Å². The molecule has 2 heterocycles. The molecule has 2 N–H and O–H groups in total. The van der Waals surface area contributed by atoms with Crippen molar-refractivity contribution >= 4 is 34.2 Å². The molecule has 9 nitrogen and oxygen atoms in total. The summed E-state index contributed by atoms with van der Waals surface area (Å²) in [4.78, 5) is 31.7. The van der Waals surface area contributed by atoms with Crippen LogP contribution < -0.4 is 5.32 Å². The Labute approximate surface area is 239 Å². The fraction of sp³-hybridized carbons (Fsp3) is 0.714. The van der Waals surface area contributed by atoms with Crippen molar-refractivity contribution in [3.05, 3.63) is 29.8 Å². The minimum atomic E-state index is -3.47. The van der Waals surface area contributed by atoms with Gasteiger partial charge in [0.2, 0.25) is 21.8 Å². The summed E-state index contributed by atoms with van der Waals surface area (Å²) in [7, 11) is -0.438. The Morgan fingerprint density at radius 2 is 1.69 bits per heavy atom. The lowest BCUT2D eigenvalue weighted by atomic mass is 9.78. The Morgan fingerprint density at radius 1 is 1.08 bits per heavy atom. The first-order valence-corrected chi connectivity index (χ1v) is 15.6. The van der Waals surface area contributed by atoms with Crippen molar-refractivity contribution in [1.82, 2.24) is 19.4 Å². The molecule has 0 aromatic heterocycles. The van der Waals surface area contributed by atoms with Gasteiger partial charge in [-0.1, -0.05) is 44.7 Å². The van der Waals surface area contributed by atoms with Crippen LogP contribution in [0.1, 0.15) is 70.3 Å². The number of aliphatic hydroxyl groups excluding tert-OH is 1. The lowest BCUT2D eigenvalue weighted by Crippen LogP contribution is -2.75. The van der Waals surface area contributed by atoms with E-state index in [9.17, 15) is 23.1 Å². The average molecular weight is 585 g/mol. The maximum atomic E-state index is 13.8. The quantitative estimate of drug-likeness (QED) is 0.462. The summed E-state index contributed by atoms with van der Waals surface area (Å²) < 4.78 is 25.9. The molecule has 2 atom stereocenters. The van der Waals surface area contributed by atoms with Crippen LogP contribution in [0.5, 0.6) is 0 Å². The largest absolute Gasteiger partial charge is 0.390 e. The lowest BCUT2D eigenvalue weighted by Gasteiger charge is -2.52. The van der Waals surface area contributed by atoms with E-state index < -0.39 is 27.7 Å². The van der Waals surface area contributed by atoms with E-state index in [4.69, 9.17) is 0 Å². The summed E-state index contributed by atoms with van der Waals surface area (Å²) in [5.41, 5.74) is 0.121. The maximum Gasteiger partial charge on any atom is 0.248 e. The molecule has 0 bridgehead atoms. The number of piperazine rings is 1. The monoisotopic (exact) mass is 584 g/mol. The topological polar surface area (TPSA) is 110 Å². The van der Waals surface area contributed by atoms with E-state index in [1.165, 1.54) is 18.4 Å². The molecule has 1 saturated carbocycles. The zero-order valence-corrected chi connectivity index (χ0v) is 25.1. The van der Waals surface area contributed by atoms with Crippen LogP contribution in [-0.2, 0) is 26.2 Å². The molecule has 1 spiro atoms. The number of benzene rings is 1. The summed E-state index contributed by atoms with van der Waals surface area (Å²) in [6.45, 7) is 4.55. The van der Waals surface area contributed by atoms with Crippen LogP contribution in [-0.4, -0.2) is 90.9 Å². The molecule has 39 heavy (non-hydrogen) atoms. The van der Waals surface area contributed by atoms with Crippen LogP contribution in [0.25, 0.3) is 0 Å². The number of likely N-dealkylation sites (tertiary alicyclic amines) is 1. The molecule has 3 fully saturated rings. The fourth-order valence-corrected chi connectivity index (χ4v) is 7.17. The van der Waals surface area contributed by atoms with E-state index in [2.05, 4.69) is 17.1 Å². The van der Waals surface area contributed by atoms with Gasteiger partial charge in [-0.15, -0.1) is 12.4 Å². The molecule has 2 aliphatic heterocycles. The van der Waals surface area contributed by atoms with Crippen LogP contribution in [0.2, 0.25) is 0 Å². The lowest BCUT2D eigenvalue weighted by molar-refractivity contribution is -0.166. The molecular formula is C28H45ClN4O5S. The third-order valence-corrected chi connectivity index (χ3v) is 10.6. The molecule has 0 unspecified atom stereocenters. The third-order valence-electron chi connectivity index (χ3n) is 8.76. The molecule has 11 heteroatoms. The standard InChI is InChI=1S/C28H44N4O5S.ClH/c1-4-5-17-32-26(34)24(25(33)22-9-7-6-8-10-22)29-27(35)28(32)15-18-31(19-16-28)20-21-11-13-23(14-12-21)38(36,37)30(2)3;/h11-14,22,24-25,33H,4-10,15-20H2,1-3H3,(H,29,35);1H/t24-,25-;/m1./s1. The highest BCUT2D eigenvalue weighted by molar-refractivity contribution is 7.89. The van der Waals surface area contributed by atoms with Crippen molar-refractivity contribution in [3.63, 3.8) is 0 Å². The molecule has 0 radical (unpaired) electrons. The van der Waals surface area contributed by atoms with Gasteiger partial charge in [-0.3, -0.25) is 14.5 Å². The van der Waals surface area contributed by atoms with E-state index >= 15 is 0 Å². The SMILES string of the molecule is CCCCN1C(=O)[C@@H]([C@H](O)C2CCCCC2)NC(=O)C12CCN(Cc1ccc(S(=O)(=O)N(C)C)cc1)CC2.Cl. The molecule has 1 aliphatic carbocycles. The van der Waals surface area contributed by atoms with Gasteiger partial charge in [0.25, 0.3) is 0 Å². The van der Waals surface area contributed by atoms with E-state index in [0.29, 0.717) is 39.0 Å². The number of carbonyl (C=O) groups excluding carboxylic acids is 2. The third kappa shape index (κ3) is 6.62. The van der Waals surface area contributed by atoms with Gasteiger partial charge in [0.1, 0.15) is 11.6 Å². The first-order valence-electron chi connectivity index (χ1n) is 14.1. The van der Waals surface area contributed by atoms with Crippen molar-refractivity contribution in [2.75, 3.05) is 33.7 Å². The highest BCUT2D eigenvalue weighted by Gasteiger charge is 2.55. The zero-order chi connectivity index (χ0) is 27.5. The van der Waals surface area contributed by atoms with Crippen molar-refractivity contribution in [3.8, 4) is 0 Å². The van der Waals surface area contributed by atoms with E-state index in [-0.39, 0.29) is 35.0 Å². The number of nitrogens with zero attached hydrogens (tertiary/aromatic N) is 3. The van der Waals surface area contributed by atoms with Crippen molar-refractivity contribution in [2.45, 2.75) is 93.8 Å². The molecule has 4 rings (SSSR count). The zero-order valence-electron chi connectivity index (χ0n) is 23.5.